The van der Waals surface area contributed by atoms with Crippen molar-refractivity contribution in [3.05, 3.63) is 0 Å². The van der Waals surface area contributed by atoms with Crippen LogP contribution in [-0.4, -0.2) is 85.6 Å². The van der Waals surface area contributed by atoms with Gasteiger partial charge in [0.1, 0.15) is 12.2 Å². The number of carboxylic acids is 1. The van der Waals surface area contributed by atoms with Gasteiger partial charge in [0.2, 0.25) is 11.8 Å². The Morgan fingerprint density at radius 3 is 1.32 bits per heavy atom. The van der Waals surface area contributed by atoms with Crippen LogP contribution in [0.3, 0.4) is 0 Å². The van der Waals surface area contributed by atoms with E-state index < -0.39 is 46.5 Å². The molecule has 0 radical (unpaired) electrons. The zero-order chi connectivity index (χ0) is 51.1. The molecule has 0 aromatic carbocycles. The van der Waals surface area contributed by atoms with Crippen molar-refractivity contribution in [2.24, 2.45) is 28.6 Å². The van der Waals surface area contributed by atoms with Crippen molar-refractivity contribution < 1.29 is 48.0 Å². The molecular weight excluding hydrogens is 861 g/mol. The number of nitrogens with one attached hydrogen (secondary N) is 2. The Kier molecular flexibility index (Phi) is 32.8. The molecule has 400 valence electrons. The van der Waals surface area contributed by atoms with Gasteiger partial charge in [0.15, 0.2) is 11.6 Å². The quantitative estimate of drug-likeness (QED) is 0.0407. The number of hydrogen-bond donors (Lipinski definition) is 3. The molecule has 12 heteroatoms. The number of carboxylic acid groups (broad SMARTS) is 1. The second-order valence-corrected chi connectivity index (χ2v) is 22.6. The smallest absolute Gasteiger partial charge is 0.308 e. The average molecular weight is 967 g/mol. The molecule has 2 aliphatic heterocycles. The second kappa shape index (κ2) is 34.9. The van der Waals surface area contributed by atoms with E-state index >= 15 is 0 Å². The monoisotopic (exact) mass is 967 g/mol. The molecule has 3 N–H and O–H groups in total. The average Bonchev–Trinajstić information content (AvgIpc) is 3.28. The van der Waals surface area contributed by atoms with Gasteiger partial charge in [0, 0.05) is 23.9 Å². The van der Waals surface area contributed by atoms with Crippen LogP contribution in [0.2, 0.25) is 0 Å². The molecule has 0 aliphatic carbocycles. The van der Waals surface area contributed by atoms with E-state index in [9.17, 15) is 24.3 Å². The summed E-state index contributed by atoms with van der Waals surface area (Å²) in [7, 11) is 0. The topological polar surface area (TPSA) is 159 Å². The summed E-state index contributed by atoms with van der Waals surface area (Å²) in [5.41, 5.74) is -0.903. The highest BCUT2D eigenvalue weighted by Crippen LogP contribution is 2.36. The molecule has 2 aliphatic rings. The molecule has 0 saturated carbocycles. The highest BCUT2D eigenvalue weighted by Gasteiger charge is 2.47. The third-order valence-corrected chi connectivity index (χ3v) is 13.7. The lowest BCUT2D eigenvalue weighted by atomic mass is 9.84. The summed E-state index contributed by atoms with van der Waals surface area (Å²) >= 11 is 0. The Morgan fingerprint density at radius 1 is 0.544 bits per heavy atom. The van der Waals surface area contributed by atoms with Gasteiger partial charge in [-0.3, -0.25) is 19.2 Å². The Labute approximate surface area is 416 Å². The summed E-state index contributed by atoms with van der Waals surface area (Å²) < 4.78 is 28.8. The van der Waals surface area contributed by atoms with Gasteiger partial charge in [0.05, 0.1) is 32.2 Å². The minimum atomic E-state index is -0.829. The van der Waals surface area contributed by atoms with Crippen molar-refractivity contribution in [1.82, 2.24) is 10.6 Å². The lowest BCUT2D eigenvalue weighted by Crippen LogP contribution is -2.57. The van der Waals surface area contributed by atoms with Gasteiger partial charge in [-0.25, -0.2) is 0 Å². The van der Waals surface area contributed by atoms with E-state index in [0.717, 1.165) is 32.1 Å². The Hall–Kier alpha value is -2.28. The molecule has 2 rings (SSSR count). The van der Waals surface area contributed by atoms with Gasteiger partial charge in [-0.05, 0) is 58.8 Å². The fourth-order valence-corrected chi connectivity index (χ4v) is 9.13. The Bertz CT molecular complexity index is 1360. The fraction of sp³-hybridized carbons (Fsp3) is 0.929. The SMILES string of the molecule is CCCCCCCCC(CCCCCC)CC(CNC(=O)[C@@H]1OC(C)(C)OCC1(C)C)C(=O)O.CCCCCCCCC(CCCCCC)COC(=O)CCNC(=O)[C@@H]1OC(C)(C)OCC1(C)C. The minimum Gasteiger partial charge on any atom is -0.481 e. The van der Waals surface area contributed by atoms with Gasteiger partial charge in [0.25, 0.3) is 0 Å². The van der Waals surface area contributed by atoms with Crippen LogP contribution in [0.25, 0.3) is 0 Å². The number of hydrogen-bond acceptors (Lipinski definition) is 9. The van der Waals surface area contributed by atoms with E-state index in [1.165, 1.54) is 122 Å². The summed E-state index contributed by atoms with van der Waals surface area (Å²) in [5, 5.41) is 15.7. The van der Waals surface area contributed by atoms with Crippen molar-refractivity contribution in [2.75, 3.05) is 32.9 Å². The van der Waals surface area contributed by atoms with Crippen LogP contribution in [0.15, 0.2) is 0 Å². The maximum atomic E-state index is 13.0. The summed E-state index contributed by atoms with van der Waals surface area (Å²) in [6.07, 6.45) is 28.9. The van der Waals surface area contributed by atoms with Crippen LogP contribution >= 0.6 is 0 Å². The van der Waals surface area contributed by atoms with E-state index in [-0.39, 0.29) is 37.3 Å². The molecule has 2 fully saturated rings. The summed E-state index contributed by atoms with van der Waals surface area (Å²) in [6, 6.07) is 0. The molecule has 0 spiro atoms. The Morgan fingerprint density at radius 2 is 0.912 bits per heavy atom. The van der Waals surface area contributed by atoms with E-state index in [4.69, 9.17) is 23.7 Å². The number of unbranched alkanes of at least 4 members (excludes halogenated alkanes) is 16. The van der Waals surface area contributed by atoms with Gasteiger partial charge >= 0.3 is 11.9 Å². The minimum absolute atomic E-state index is 0.146. The number of rotatable bonds is 36. The van der Waals surface area contributed by atoms with Crippen LogP contribution in [0, 0.1) is 28.6 Å². The zero-order valence-corrected chi connectivity index (χ0v) is 45.9. The number of carbonyl (C=O) groups is 4. The fourth-order valence-electron chi connectivity index (χ4n) is 9.13. The van der Waals surface area contributed by atoms with Crippen molar-refractivity contribution in [2.45, 2.75) is 274 Å². The molecule has 0 aromatic heterocycles. The van der Waals surface area contributed by atoms with Crippen molar-refractivity contribution >= 4 is 23.8 Å². The number of ether oxygens (including phenoxy) is 5. The number of amides is 2. The van der Waals surface area contributed by atoms with Crippen LogP contribution in [-0.2, 0) is 42.9 Å². The maximum Gasteiger partial charge on any atom is 0.308 e. The van der Waals surface area contributed by atoms with Crippen molar-refractivity contribution in [1.29, 1.82) is 0 Å². The van der Waals surface area contributed by atoms with Crippen molar-refractivity contribution in [3.63, 3.8) is 0 Å². The van der Waals surface area contributed by atoms with E-state index in [0.29, 0.717) is 38.1 Å². The summed E-state index contributed by atoms with van der Waals surface area (Å²) in [5.74, 6) is -2.87. The molecule has 2 saturated heterocycles. The standard InChI is InChI=1S/2C28H53NO5/c1-7-9-11-13-14-16-18-22(17-15-12-10-8-2)19-23(26(31)32)20-29-25(30)24-27(3,4)21-33-28(5,6)34-24;1-7-9-11-13-14-16-18-23(17-15-12-10-8-2)21-32-24(30)19-20-29-26(31)25-27(3,4)22-33-28(5,6)34-25/h22-24H,7-21H2,1-6H3,(H,29,30)(H,31,32);23,25H,7-22H2,1-6H3,(H,29,31)/t22?,23?,24-;23?,25-/m00/s1. The molecule has 5 atom stereocenters. The third kappa shape index (κ3) is 28.5. The normalized spacial score (nSPS) is 20.5. The third-order valence-electron chi connectivity index (χ3n) is 13.7. The highest BCUT2D eigenvalue weighted by atomic mass is 16.7. The maximum absolute atomic E-state index is 13.0. The van der Waals surface area contributed by atoms with E-state index in [2.05, 4.69) is 38.3 Å². The first-order valence-electron chi connectivity index (χ1n) is 27.7. The highest BCUT2D eigenvalue weighted by molar-refractivity contribution is 5.83. The lowest BCUT2D eigenvalue weighted by molar-refractivity contribution is -0.304. The first kappa shape index (κ1) is 63.7. The van der Waals surface area contributed by atoms with Crippen LogP contribution < -0.4 is 10.6 Å². The second-order valence-electron chi connectivity index (χ2n) is 22.6. The van der Waals surface area contributed by atoms with E-state index in [1.807, 2.05) is 41.5 Å². The predicted molar refractivity (Wildman–Crippen MR) is 275 cm³/mol. The molecule has 2 heterocycles. The number of esters is 1. The molecule has 12 nitrogen and oxygen atoms in total. The molecule has 2 amide bonds. The number of carbonyl (C=O) groups excluding carboxylic acids is 3. The number of aliphatic carboxylic acids is 1. The molecule has 0 bridgehead atoms. The molecule has 3 unspecified atom stereocenters. The van der Waals surface area contributed by atoms with Gasteiger partial charge < -0.3 is 39.4 Å². The van der Waals surface area contributed by atoms with Gasteiger partial charge in [-0.2, -0.15) is 0 Å². The first-order chi connectivity index (χ1) is 32.1. The van der Waals surface area contributed by atoms with Crippen LogP contribution in [0.4, 0.5) is 0 Å². The first-order valence-corrected chi connectivity index (χ1v) is 27.7. The van der Waals surface area contributed by atoms with Gasteiger partial charge in [-0.15, -0.1) is 0 Å². The zero-order valence-electron chi connectivity index (χ0n) is 45.9. The summed E-state index contributed by atoms with van der Waals surface area (Å²) in [6.45, 7) is 25.7. The largest absolute Gasteiger partial charge is 0.481 e. The van der Waals surface area contributed by atoms with Crippen LogP contribution in [0.1, 0.15) is 250 Å². The van der Waals surface area contributed by atoms with Crippen LogP contribution in [0.5, 0.6) is 0 Å². The molecular formula is C56H106N2O10. The Balaban J connectivity index is 0.000000680. The van der Waals surface area contributed by atoms with Crippen molar-refractivity contribution in [3.8, 4) is 0 Å². The van der Waals surface area contributed by atoms with E-state index in [1.54, 1.807) is 13.8 Å². The molecule has 0 aromatic rings. The lowest BCUT2D eigenvalue weighted by Gasteiger charge is -2.44. The van der Waals surface area contributed by atoms with Gasteiger partial charge in [-0.1, -0.05) is 197 Å². The predicted octanol–water partition coefficient (Wildman–Crippen LogP) is 13.3. The molecule has 68 heavy (non-hydrogen) atoms. The summed E-state index contributed by atoms with van der Waals surface area (Å²) in [4.78, 5) is 50.1.